The number of hydrogen-bond acceptors (Lipinski definition) is 2. The third kappa shape index (κ3) is 4.30. The molecule has 2 atom stereocenters. The largest absolute Gasteiger partial charge is 0.389 e. The first-order chi connectivity index (χ1) is 7.83. The highest BCUT2D eigenvalue weighted by Crippen LogP contribution is 2.20. The summed E-state index contributed by atoms with van der Waals surface area (Å²) in [6, 6.07) is 7.97. The molecule has 1 unspecified atom stereocenters. The molecule has 0 fully saturated rings. The van der Waals surface area contributed by atoms with Crippen molar-refractivity contribution in [3.8, 4) is 0 Å². The summed E-state index contributed by atoms with van der Waals surface area (Å²) < 4.78 is 0. The molecule has 96 valence electrons. The van der Waals surface area contributed by atoms with Gasteiger partial charge in [0.05, 0.1) is 5.60 Å². The lowest BCUT2D eigenvalue weighted by molar-refractivity contribution is 0.0122. The van der Waals surface area contributed by atoms with Crippen LogP contribution in [0.1, 0.15) is 39.3 Å². The van der Waals surface area contributed by atoms with E-state index >= 15 is 0 Å². The maximum absolute atomic E-state index is 10.2. The minimum Gasteiger partial charge on any atom is -0.389 e. The number of benzene rings is 1. The molecule has 0 aromatic heterocycles. The third-order valence-electron chi connectivity index (χ3n) is 3.36. The van der Waals surface area contributed by atoms with E-state index in [4.69, 9.17) is 11.6 Å². The second-order valence-electron chi connectivity index (χ2n) is 5.17. The molecule has 0 spiro atoms. The van der Waals surface area contributed by atoms with Gasteiger partial charge in [-0.25, -0.2) is 0 Å². The lowest BCUT2D eigenvalue weighted by atomic mass is 9.92. The molecule has 2 nitrogen and oxygen atoms in total. The Labute approximate surface area is 109 Å². The van der Waals surface area contributed by atoms with Gasteiger partial charge in [-0.05, 0) is 37.5 Å². The maximum Gasteiger partial charge on any atom is 0.0766 e. The van der Waals surface area contributed by atoms with E-state index in [1.165, 1.54) is 0 Å². The summed E-state index contributed by atoms with van der Waals surface area (Å²) in [6.07, 6.45) is 0. The van der Waals surface area contributed by atoms with Crippen molar-refractivity contribution in [2.75, 3.05) is 6.54 Å². The molecule has 1 rings (SSSR count). The van der Waals surface area contributed by atoms with Gasteiger partial charge >= 0.3 is 0 Å². The fourth-order valence-electron chi connectivity index (χ4n) is 1.46. The van der Waals surface area contributed by atoms with E-state index in [0.29, 0.717) is 6.54 Å². The summed E-state index contributed by atoms with van der Waals surface area (Å²) in [4.78, 5) is 0. The Morgan fingerprint density at radius 2 is 2.00 bits per heavy atom. The van der Waals surface area contributed by atoms with Crippen molar-refractivity contribution in [2.45, 2.75) is 39.3 Å². The van der Waals surface area contributed by atoms with Gasteiger partial charge in [0.25, 0.3) is 0 Å². The van der Waals surface area contributed by atoms with Crippen LogP contribution in [0, 0.1) is 5.92 Å². The predicted octanol–water partition coefficient (Wildman–Crippen LogP) is 3.40. The lowest BCUT2D eigenvalue weighted by Crippen LogP contribution is -2.42. The van der Waals surface area contributed by atoms with Gasteiger partial charge < -0.3 is 10.4 Å². The standard InChI is InChI=1S/C14H22ClNO/c1-10(2)14(4,17)9-16-11(3)12-6-5-7-13(15)8-12/h5-8,10-11,16-17H,9H2,1-4H3/t11-,14?/m0/s1. The van der Waals surface area contributed by atoms with E-state index in [0.717, 1.165) is 10.6 Å². The third-order valence-corrected chi connectivity index (χ3v) is 3.59. The van der Waals surface area contributed by atoms with E-state index in [2.05, 4.69) is 12.2 Å². The molecule has 0 amide bonds. The highest BCUT2D eigenvalue weighted by molar-refractivity contribution is 6.30. The first-order valence-electron chi connectivity index (χ1n) is 6.04. The molecule has 0 saturated heterocycles. The van der Waals surface area contributed by atoms with Gasteiger partial charge in [0.2, 0.25) is 0 Å². The molecule has 0 saturated carbocycles. The monoisotopic (exact) mass is 255 g/mol. The lowest BCUT2D eigenvalue weighted by Gasteiger charge is -2.29. The van der Waals surface area contributed by atoms with E-state index < -0.39 is 5.60 Å². The molecule has 0 heterocycles. The van der Waals surface area contributed by atoms with Crippen LogP contribution in [0.4, 0.5) is 0 Å². The molecule has 3 heteroatoms. The SMILES string of the molecule is CC(C)C(C)(O)CN[C@@H](C)c1cccc(Cl)c1. The van der Waals surface area contributed by atoms with Crippen LogP contribution in [0.5, 0.6) is 0 Å². The second kappa shape index (κ2) is 5.85. The zero-order chi connectivity index (χ0) is 13.1. The topological polar surface area (TPSA) is 32.3 Å². The van der Waals surface area contributed by atoms with Crippen LogP contribution in [-0.2, 0) is 0 Å². The van der Waals surface area contributed by atoms with Gasteiger partial charge in [0.15, 0.2) is 0 Å². The summed E-state index contributed by atoms with van der Waals surface area (Å²) in [5, 5.41) is 14.2. The molecular weight excluding hydrogens is 234 g/mol. The van der Waals surface area contributed by atoms with E-state index in [-0.39, 0.29) is 12.0 Å². The molecule has 0 aliphatic carbocycles. The molecule has 1 aromatic carbocycles. The summed E-state index contributed by atoms with van der Waals surface area (Å²) in [7, 11) is 0. The van der Waals surface area contributed by atoms with E-state index in [9.17, 15) is 5.11 Å². The first-order valence-corrected chi connectivity index (χ1v) is 6.42. The number of halogens is 1. The Balaban J connectivity index is 2.59. The van der Waals surface area contributed by atoms with Crippen molar-refractivity contribution < 1.29 is 5.11 Å². The maximum atomic E-state index is 10.2. The summed E-state index contributed by atoms with van der Waals surface area (Å²) in [5.41, 5.74) is 0.448. The predicted molar refractivity (Wildman–Crippen MR) is 73.3 cm³/mol. The highest BCUT2D eigenvalue weighted by Gasteiger charge is 2.25. The van der Waals surface area contributed by atoms with Gasteiger partial charge in [0.1, 0.15) is 0 Å². The molecule has 0 aliphatic heterocycles. The minimum absolute atomic E-state index is 0.180. The molecule has 0 aliphatic rings. The normalized spacial score (nSPS) is 16.9. The number of rotatable bonds is 5. The fourth-order valence-corrected chi connectivity index (χ4v) is 1.66. The molecule has 0 bridgehead atoms. The van der Waals surface area contributed by atoms with Crippen molar-refractivity contribution in [1.29, 1.82) is 0 Å². The highest BCUT2D eigenvalue weighted by atomic mass is 35.5. The van der Waals surface area contributed by atoms with Crippen LogP contribution in [0.3, 0.4) is 0 Å². The first kappa shape index (κ1) is 14.5. The quantitative estimate of drug-likeness (QED) is 0.845. The Morgan fingerprint density at radius 3 is 2.53 bits per heavy atom. The summed E-state index contributed by atoms with van der Waals surface area (Å²) in [6.45, 7) is 8.53. The molecule has 17 heavy (non-hydrogen) atoms. The van der Waals surface area contributed by atoms with Crippen molar-refractivity contribution in [3.63, 3.8) is 0 Å². The van der Waals surface area contributed by atoms with Crippen molar-refractivity contribution in [1.82, 2.24) is 5.32 Å². The van der Waals surface area contributed by atoms with Gasteiger partial charge in [-0.3, -0.25) is 0 Å². The Kier molecular flexibility index (Phi) is 4.99. The van der Waals surface area contributed by atoms with Gasteiger partial charge in [-0.2, -0.15) is 0 Å². The fraction of sp³-hybridized carbons (Fsp3) is 0.571. The average molecular weight is 256 g/mol. The van der Waals surface area contributed by atoms with Crippen LogP contribution in [0.2, 0.25) is 5.02 Å². The number of nitrogens with one attached hydrogen (secondary N) is 1. The van der Waals surface area contributed by atoms with Crippen molar-refractivity contribution in [3.05, 3.63) is 34.9 Å². The Morgan fingerprint density at radius 1 is 1.35 bits per heavy atom. The van der Waals surface area contributed by atoms with Crippen LogP contribution in [0.15, 0.2) is 24.3 Å². The van der Waals surface area contributed by atoms with Gasteiger partial charge in [-0.1, -0.05) is 37.6 Å². The summed E-state index contributed by atoms with van der Waals surface area (Å²) in [5.74, 6) is 0.224. The van der Waals surface area contributed by atoms with E-state index in [1.807, 2.05) is 45.0 Å². The summed E-state index contributed by atoms with van der Waals surface area (Å²) >= 11 is 5.95. The van der Waals surface area contributed by atoms with Gasteiger partial charge in [-0.15, -0.1) is 0 Å². The van der Waals surface area contributed by atoms with Crippen molar-refractivity contribution >= 4 is 11.6 Å². The molecule has 2 N–H and O–H groups in total. The molecular formula is C14H22ClNO. The number of aliphatic hydroxyl groups is 1. The van der Waals surface area contributed by atoms with Crippen molar-refractivity contribution in [2.24, 2.45) is 5.92 Å². The molecule has 1 aromatic rings. The van der Waals surface area contributed by atoms with E-state index in [1.54, 1.807) is 0 Å². The average Bonchev–Trinajstić information content (AvgIpc) is 2.25. The smallest absolute Gasteiger partial charge is 0.0766 e. The molecule has 0 radical (unpaired) electrons. The van der Waals surface area contributed by atoms with Gasteiger partial charge in [0, 0.05) is 17.6 Å². The Hall–Kier alpha value is -0.570. The van der Waals surface area contributed by atoms with Crippen LogP contribution in [0.25, 0.3) is 0 Å². The zero-order valence-electron chi connectivity index (χ0n) is 11.0. The second-order valence-corrected chi connectivity index (χ2v) is 5.61. The minimum atomic E-state index is -0.688. The Bertz CT molecular complexity index is 363. The van der Waals surface area contributed by atoms with Crippen LogP contribution >= 0.6 is 11.6 Å². The van der Waals surface area contributed by atoms with Crippen LogP contribution in [-0.4, -0.2) is 17.3 Å². The zero-order valence-corrected chi connectivity index (χ0v) is 11.8. The number of hydrogen-bond donors (Lipinski definition) is 2. The van der Waals surface area contributed by atoms with Crippen LogP contribution < -0.4 is 5.32 Å².